The minimum Gasteiger partial charge on any atom is -0.497 e. The van der Waals surface area contributed by atoms with Crippen LogP contribution < -0.4 is 14.8 Å². The van der Waals surface area contributed by atoms with E-state index >= 15 is 0 Å². The number of ether oxygens (including phenoxy) is 2. The van der Waals surface area contributed by atoms with Crippen molar-refractivity contribution in [2.75, 3.05) is 14.2 Å². The topological polar surface area (TPSA) is 47.6 Å². The Kier molecular flexibility index (Phi) is 5.65. The summed E-state index contributed by atoms with van der Waals surface area (Å²) in [5.74, 6) is 1.34. The summed E-state index contributed by atoms with van der Waals surface area (Å²) in [6.45, 7) is 1.92. The number of methoxy groups -OCH3 is 2. The number of amides is 1. The zero-order chi connectivity index (χ0) is 16.1. The molecule has 4 nitrogen and oxygen atoms in total. The van der Waals surface area contributed by atoms with Gasteiger partial charge in [-0.05, 0) is 59.8 Å². The fourth-order valence-electron chi connectivity index (χ4n) is 2.18. The summed E-state index contributed by atoms with van der Waals surface area (Å²) in [4.78, 5) is 12.4. The third-order valence-electron chi connectivity index (χ3n) is 3.37. The Balaban J connectivity index is 2.23. The minimum atomic E-state index is -0.200. The number of carbonyl (C=O) groups excluding carboxylic acids is 1. The maximum absolute atomic E-state index is 12.4. The van der Waals surface area contributed by atoms with E-state index in [-0.39, 0.29) is 11.9 Å². The van der Waals surface area contributed by atoms with Crippen molar-refractivity contribution >= 4 is 28.5 Å². The van der Waals surface area contributed by atoms with E-state index in [1.54, 1.807) is 14.2 Å². The lowest BCUT2D eigenvalue weighted by atomic mass is 10.1. The van der Waals surface area contributed by atoms with Crippen LogP contribution in [0.15, 0.2) is 42.5 Å². The number of benzene rings is 2. The molecule has 0 saturated carbocycles. The standard InChI is InChI=1S/C17H18INO3/c1-11(14-10-12(21-2)8-9-16(14)22-3)19-17(20)13-6-4-5-7-15(13)18/h4-11H,1-3H3,(H,19,20). The van der Waals surface area contributed by atoms with Crippen molar-refractivity contribution in [2.24, 2.45) is 0 Å². The van der Waals surface area contributed by atoms with Gasteiger partial charge in [-0.25, -0.2) is 0 Å². The number of rotatable bonds is 5. The van der Waals surface area contributed by atoms with Gasteiger partial charge in [-0.2, -0.15) is 0 Å². The second-order valence-corrected chi connectivity index (χ2v) is 5.95. The molecule has 0 bridgehead atoms. The van der Waals surface area contributed by atoms with Gasteiger partial charge in [0.25, 0.3) is 5.91 Å². The van der Waals surface area contributed by atoms with Crippen LogP contribution >= 0.6 is 22.6 Å². The maximum Gasteiger partial charge on any atom is 0.252 e. The van der Waals surface area contributed by atoms with E-state index in [1.165, 1.54) is 0 Å². The molecule has 0 saturated heterocycles. The molecule has 1 amide bonds. The molecule has 0 heterocycles. The monoisotopic (exact) mass is 411 g/mol. The van der Waals surface area contributed by atoms with Gasteiger partial charge in [-0.15, -0.1) is 0 Å². The van der Waals surface area contributed by atoms with Crippen molar-refractivity contribution in [2.45, 2.75) is 13.0 Å². The maximum atomic E-state index is 12.4. The molecular weight excluding hydrogens is 393 g/mol. The van der Waals surface area contributed by atoms with E-state index < -0.39 is 0 Å². The number of nitrogens with one attached hydrogen (secondary N) is 1. The van der Waals surface area contributed by atoms with Crippen molar-refractivity contribution in [1.29, 1.82) is 0 Å². The van der Waals surface area contributed by atoms with Crippen LogP contribution in [0.1, 0.15) is 28.9 Å². The summed E-state index contributed by atoms with van der Waals surface area (Å²) < 4.78 is 11.5. The van der Waals surface area contributed by atoms with E-state index in [2.05, 4.69) is 27.9 Å². The van der Waals surface area contributed by atoms with Gasteiger partial charge in [0.2, 0.25) is 0 Å². The summed E-state index contributed by atoms with van der Waals surface area (Å²) in [5.41, 5.74) is 1.54. The lowest BCUT2D eigenvalue weighted by Crippen LogP contribution is -2.27. The quantitative estimate of drug-likeness (QED) is 0.762. The second-order valence-electron chi connectivity index (χ2n) is 4.78. The number of carbonyl (C=O) groups is 1. The highest BCUT2D eigenvalue weighted by Crippen LogP contribution is 2.29. The molecule has 0 spiro atoms. The fourth-order valence-corrected chi connectivity index (χ4v) is 2.81. The van der Waals surface area contributed by atoms with E-state index in [0.717, 1.165) is 20.6 Å². The molecule has 0 radical (unpaired) electrons. The second kappa shape index (κ2) is 7.49. The third kappa shape index (κ3) is 3.71. The van der Waals surface area contributed by atoms with E-state index in [0.29, 0.717) is 5.56 Å². The average molecular weight is 411 g/mol. The Bertz CT molecular complexity index is 673. The lowest BCUT2D eigenvalue weighted by molar-refractivity contribution is 0.0938. The Labute approximate surface area is 144 Å². The largest absolute Gasteiger partial charge is 0.497 e. The molecule has 0 aliphatic heterocycles. The highest BCUT2D eigenvalue weighted by atomic mass is 127. The molecule has 0 aliphatic carbocycles. The van der Waals surface area contributed by atoms with Crippen LogP contribution in [0.3, 0.4) is 0 Å². The SMILES string of the molecule is COc1ccc(OC)c(C(C)NC(=O)c2ccccc2I)c1. The molecule has 5 heteroatoms. The summed E-state index contributed by atoms with van der Waals surface area (Å²) in [5, 5.41) is 3.00. The summed E-state index contributed by atoms with van der Waals surface area (Å²) >= 11 is 2.16. The number of hydrogen-bond donors (Lipinski definition) is 1. The predicted molar refractivity (Wildman–Crippen MR) is 94.6 cm³/mol. The molecule has 1 atom stereocenters. The fraction of sp³-hybridized carbons (Fsp3) is 0.235. The Hall–Kier alpha value is -1.76. The summed E-state index contributed by atoms with van der Waals surface area (Å²) in [7, 11) is 3.22. The van der Waals surface area contributed by atoms with Crippen LogP contribution in [-0.2, 0) is 0 Å². The van der Waals surface area contributed by atoms with Crippen molar-refractivity contribution in [1.82, 2.24) is 5.32 Å². The van der Waals surface area contributed by atoms with Gasteiger partial charge in [0.05, 0.1) is 25.8 Å². The Morgan fingerprint density at radius 1 is 1.14 bits per heavy atom. The van der Waals surface area contributed by atoms with Gasteiger partial charge in [0, 0.05) is 9.13 Å². The highest BCUT2D eigenvalue weighted by molar-refractivity contribution is 14.1. The van der Waals surface area contributed by atoms with E-state index in [9.17, 15) is 4.79 Å². The van der Waals surface area contributed by atoms with Crippen molar-refractivity contribution < 1.29 is 14.3 Å². The zero-order valence-corrected chi connectivity index (χ0v) is 14.9. The van der Waals surface area contributed by atoms with Gasteiger partial charge in [-0.3, -0.25) is 4.79 Å². The molecule has 0 aromatic heterocycles. The molecule has 116 valence electrons. The molecule has 0 aliphatic rings. The minimum absolute atomic E-state index is 0.109. The van der Waals surface area contributed by atoms with Crippen molar-refractivity contribution in [3.05, 3.63) is 57.2 Å². The Morgan fingerprint density at radius 3 is 2.50 bits per heavy atom. The highest BCUT2D eigenvalue weighted by Gasteiger charge is 2.17. The molecular formula is C17H18INO3. The van der Waals surface area contributed by atoms with Gasteiger partial charge in [0.15, 0.2) is 0 Å². The van der Waals surface area contributed by atoms with Crippen LogP contribution in [0.2, 0.25) is 0 Å². The molecule has 1 N–H and O–H groups in total. The van der Waals surface area contributed by atoms with Crippen LogP contribution in [0.4, 0.5) is 0 Å². The average Bonchev–Trinajstić information content (AvgIpc) is 2.54. The molecule has 0 fully saturated rings. The first-order chi connectivity index (χ1) is 10.6. The first-order valence-corrected chi connectivity index (χ1v) is 7.92. The van der Waals surface area contributed by atoms with Crippen LogP contribution in [0.5, 0.6) is 11.5 Å². The van der Waals surface area contributed by atoms with E-state index in [4.69, 9.17) is 9.47 Å². The van der Waals surface area contributed by atoms with Gasteiger partial charge in [0.1, 0.15) is 11.5 Å². The van der Waals surface area contributed by atoms with Crippen LogP contribution in [-0.4, -0.2) is 20.1 Å². The Morgan fingerprint density at radius 2 is 1.86 bits per heavy atom. The molecule has 2 rings (SSSR count). The van der Waals surface area contributed by atoms with Gasteiger partial charge in [-0.1, -0.05) is 12.1 Å². The summed E-state index contributed by atoms with van der Waals surface area (Å²) in [6, 6.07) is 12.8. The third-order valence-corrected chi connectivity index (χ3v) is 4.31. The molecule has 1 unspecified atom stereocenters. The molecule has 2 aromatic carbocycles. The summed E-state index contributed by atoms with van der Waals surface area (Å²) in [6.07, 6.45) is 0. The molecule has 2 aromatic rings. The van der Waals surface area contributed by atoms with Gasteiger partial charge >= 0.3 is 0 Å². The van der Waals surface area contributed by atoms with Gasteiger partial charge < -0.3 is 14.8 Å². The first kappa shape index (κ1) is 16.6. The smallest absolute Gasteiger partial charge is 0.252 e. The van der Waals surface area contributed by atoms with Crippen LogP contribution in [0.25, 0.3) is 0 Å². The number of hydrogen-bond acceptors (Lipinski definition) is 3. The lowest BCUT2D eigenvalue weighted by Gasteiger charge is -2.18. The van der Waals surface area contributed by atoms with E-state index in [1.807, 2.05) is 49.4 Å². The van der Waals surface area contributed by atoms with Crippen LogP contribution in [0, 0.1) is 3.57 Å². The first-order valence-electron chi connectivity index (χ1n) is 6.84. The number of halogens is 1. The molecule has 22 heavy (non-hydrogen) atoms. The van der Waals surface area contributed by atoms with Crippen molar-refractivity contribution in [3.8, 4) is 11.5 Å². The predicted octanol–water partition coefficient (Wildman–Crippen LogP) is 3.80. The normalized spacial score (nSPS) is 11.6. The zero-order valence-electron chi connectivity index (χ0n) is 12.7. The van der Waals surface area contributed by atoms with Crippen molar-refractivity contribution in [3.63, 3.8) is 0 Å².